The van der Waals surface area contributed by atoms with E-state index in [9.17, 15) is 0 Å². The number of rotatable bonds is 10. The summed E-state index contributed by atoms with van der Waals surface area (Å²) in [6.45, 7) is 8.90. The van der Waals surface area contributed by atoms with Crippen molar-refractivity contribution in [2.75, 3.05) is 26.2 Å². The van der Waals surface area contributed by atoms with Gasteiger partial charge in [-0.05, 0) is 43.8 Å². The maximum Gasteiger partial charge on any atom is 0.00768 e. The molecule has 0 radical (unpaired) electrons. The predicted molar refractivity (Wildman–Crippen MR) is 80.0 cm³/mol. The molecule has 0 aliphatic carbocycles. The zero-order valence-corrected chi connectivity index (χ0v) is 11.9. The second kappa shape index (κ2) is 10.1. The Labute approximate surface area is 112 Å². The van der Waals surface area contributed by atoms with Crippen LogP contribution in [0.15, 0.2) is 30.3 Å². The molecule has 0 fully saturated rings. The molecule has 0 amide bonds. The Morgan fingerprint density at radius 3 is 2.33 bits per heavy atom. The number of benzene rings is 1. The minimum absolute atomic E-state index is 0.746. The van der Waals surface area contributed by atoms with Crippen molar-refractivity contribution < 1.29 is 0 Å². The van der Waals surface area contributed by atoms with E-state index in [1.54, 1.807) is 0 Å². The van der Waals surface area contributed by atoms with Gasteiger partial charge < -0.3 is 10.6 Å². The third-order valence-electron chi connectivity index (χ3n) is 2.94. The molecule has 1 rings (SSSR count). The van der Waals surface area contributed by atoms with E-state index in [0.29, 0.717) is 0 Å². The van der Waals surface area contributed by atoms with Crippen molar-refractivity contribution in [2.24, 2.45) is 5.92 Å². The van der Waals surface area contributed by atoms with Gasteiger partial charge in [-0.3, -0.25) is 0 Å². The Morgan fingerprint density at radius 1 is 0.889 bits per heavy atom. The molecule has 18 heavy (non-hydrogen) atoms. The quantitative estimate of drug-likeness (QED) is 0.622. The number of nitrogens with one attached hydrogen (secondary N) is 2. The smallest absolute Gasteiger partial charge is 0.00768 e. The first-order valence-corrected chi connectivity index (χ1v) is 7.24. The highest BCUT2D eigenvalue weighted by Crippen LogP contribution is 2.03. The summed E-state index contributed by atoms with van der Waals surface area (Å²) in [5.41, 5.74) is 1.45. The molecular formula is C16H28N2. The molecule has 1 aromatic carbocycles. The van der Waals surface area contributed by atoms with Gasteiger partial charge in [-0.15, -0.1) is 0 Å². The van der Waals surface area contributed by atoms with Crippen molar-refractivity contribution in [1.82, 2.24) is 10.6 Å². The molecule has 0 atom stereocenters. The zero-order valence-electron chi connectivity index (χ0n) is 11.9. The lowest BCUT2D eigenvalue weighted by molar-refractivity contribution is 0.530. The Bertz CT molecular complexity index is 282. The van der Waals surface area contributed by atoms with E-state index in [0.717, 1.165) is 32.1 Å². The van der Waals surface area contributed by atoms with Crippen molar-refractivity contribution in [2.45, 2.75) is 33.1 Å². The van der Waals surface area contributed by atoms with E-state index in [4.69, 9.17) is 0 Å². The molecule has 0 bridgehead atoms. The van der Waals surface area contributed by atoms with Crippen LogP contribution in [0.2, 0.25) is 0 Å². The van der Waals surface area contributed by atoms with E-state index in [1.165, 1.54) is 24.8 Å². The highest BCUT2D eigenvalue weighted by atomic mass is 14.9. The van der Waals surface area contributed by atoms with E-state index in [1.807, 2.05) is 0 Å². The SMILES string of the molecule is CC(C)CNCCNCCCCc1ccccc1. The molecule has 0 aliphatic rings. The standard InChI is InChI=1S/C16H28N2/c1-15(2)14-18-13-12-17-11-7-6-10-16-8-4-3-5-9-16/h3-5,8-9,15,17-18H,6-7,10-14H2,1-2H3. The van der Waals surface area contributed by atoms with Crippen LogP contribution in [0.4, 0.5) is 0 Å². The van der Waals surface area contributed by atoms with Gasteiger partial charge in [0.05, 0.1) is 0 Å². The third kappa shape index (κ3) is 8.26. The lowest BCUT2D eigenvalue weighted by Gasteiger charge is -2.08. The van der Waals surface area contributed by atoms with E-state index in [-0.39, 0.29) is 0 Å². The summed E-state index contributed by atoms with van der Waals surface area (Å²) >= 11 is 0. The fourth-order valence-corrected chi connectivity index (χ4v) is 1.92. The number of hydrogen-bond acceptors (Lipinski definition) is 2. The van der Waals surface area contributed by atoms with Crippen LogP contribution in [0, 0.1) is 5.92 Å². The Morgan fingerprint density at radius 2 is 1.61 bits per heavy atom. The van der Waals surface area contributed by atoms with Crippen molar-refractivity contribution in [1.29, 1.82) is 0 Å². The van der Waals surface area contributed by atoms with Crippen LogP contribution < -0.4 is 10.6 Å². The molecule has 102 valence electrons. The second-order valence-corrected chi connectivity index (χ2v) is 5.29. The average molecular weight is 248 g/mol. The first kappa shape index (κ1) is 15.2. The van der Waals surface area contributed by atoms with Crippen LogP contribution in [0.5, 0.6) is 0 Å². The van der Waals surface area contributed by atoms with Crippen molar-refractivity contribution in [3.8, 4) is 0 Å². The van der Waals surface area contributed by atoms with Gasteiger partial charge in [0.25, 0.3) is 0 Å². The lowest BCUT2D eigenvalue weighted by atomic mass is 10.1. The topological polar surface area (TPSA) is 24.1 Å². The van der Waals surface area contributed by atoms with Crippen molar-refractivity contribution in [3.05, 3.63) is 35.9 Å². The Hall–Kier alpha value is -0.860. The van der Waals surface area contributed by atoms with E-state index in [2.05, 4.69) is 54.8 Å². The van der Waals surface area contributed by atoms with Gasteiger partial charge in [0, 0.05) is 13.1 Å². The maximum atomic E-state index is 3.48. The maximum absolute atomic E-state index is 3.48. The average Bonchev–Trinajstić information content (AvgIpc) is 2.37. The van der Waals surface area contributed by atoms with Crippen LogP contribution in [0.1, 0.15) is 32.3 Å². The fraction of sp³-hybridized carbons (Fsp3) is 0.625. The summed E-state index contributed by atoms with van der Waals surface area (Å²) in [7, 11) is 0. The molecule has 0 saturated heterocycles. The minimum Gasteiger partial charge on any atom is -0.315 e. The molecule has 0 heterocycles. The van der Waals surface area contributed by atoms with Gasteiger partial charge in [0.1, 0.15) is 0 Å². The van der Waals surface area contributed by atoms with Crippen LogP contribution >= 0.6 is 0 Å². The fourth-order valence-electron chi connectivity index (χ4n) is 1.92. The Balaban J connectivity index is 1.84. The van der Waals surface area contributed by atoms with E-state index < -0.39 is 0 Å². The highest BCUT2D eigenvalue weighted by molar-refractivity contribution is 5.14. The minimum atomic E-state index is 0.746. The first-order valence-electron chi connectivity index (χ1n) is 7.24. The number of aryl methyl sites for hydroxylation is 1. The molecule has 0 saturated carbocycles. The normalized spacial score (nSPS) is 11.1. The first-order chi connectivity index (χ1) is 8.79. The number of unbranched alkanes of at least 4 members (excludes halogenated alkanes) is 1. The second-order valence-electron chi connectivity index (χ2n) is 5.29. The molecule has 0 aromatic heterocycles. The van der Waals surface area contributed by atoms with Crippen LogP contribution in [-0.2, 0) is 6.42 Å². The van der Waals surface area contributed by atoms with Gasteiger partial charge in [0.15, 0.2) is 0 Å². The van der Waals surface area contributed by atoms with Gasteiger partial charge in [-0.2, -0.15) is 0 Å². The molecule has 2 heteroatoms. The number of hydrogen-bond donors (Lipinski definition) is 2. The molecule has 1 aromatic rings. The van der Waals surface area contributed by atoms with Gasteiger partial charge in [-0.1, -0.05) is 44.2 Å². The largest absolute Gasteiger partial charge is 0.315 e. The molecule has 0 spiro atoms. The lowest BCUT2D eigenvalue weighted by Crippen LogP contribution is -2.30. The highest BCUT2D eigenvalue weighted by Gasteiger charge is 1.94. The summed E-state index contributed by atoms with van der Waals surface area (Å²) < 4.78 is 0. The summed E-state index contributed by atoms with van der Waals surface area (Å²) in [6.07, 6.45) is 3.74. The van der Waals surface area contributed by atoms with E-state index >= 15 is 0 Å². The van der Waals surface area contributed by atoms with Crippen molar-refractivity contribution in [3.63, 3.8) is 0 Å². The van der Waals surface area contributed by atoms with Gasteiger partial charge in [0.2, 0.25) is 0 Å². The molecule has 0 unspecified atom stereocenters. The predicted octanol–water partition coefficient (Wildman–Crippen LogP) is 2.84. The van der Waals surface area contributed by atoms with Crippen LogP contribution in [0.3, 0.4) is 0 Å². The summed E-state index contributed by atoms with van der Waals surface area (Å²) in [5.74, 6) is 0.746. The van der Waals surface area contributed by atoms with Crippen LogP contribution in [-0.4, -0.2) is 26.2 Å². The zero-order chi connectivity index (χ0) is 13.1. The molecule has 0 aliphatic heterocycles. The summed E-state index contributed by atoms with van der Waals surface area (Å²) in [5, 5.41) is 6.92. The van der Waals surface area contributed by atoms with Crippen LogP contribution in [0.25, 0.3) is 0 Å². The molecule has 2 N–H and O–H groups in total. The van der Waals surface area contributed by atoms with Gasteiger partial charge >= 0.3 is 0 Å². The monoisotopic (exact) mass is 248 g/mol. The van der Waals surface area contributed by atoms with Gasteiger partial charge in [-0.25, -0.2) is 0 Å². The Kier molecular flexibility index (Phi) is 8.53. The third-order valence-corrected chi connectivity index (χ3v) is 2.94. The molecular weight excluding hydrogens is 220 g/mol. The summed E-state index contributed by atoms with van der Waals surface area (Å²) in [4.78, 5) is 0. The van der Waals surface area contributed by atoms with Crippen molar-refractivity contribution >= 4 is 0 Å². The molecule has 2 nitrogen and oxygen atoms in total. The summed E-state index contributed by atoms with van der Waals surface area (Å²) in [6, 6.07) is 10.7.